The Hall–Kier alpha value is -1.95. The number of piperidine rings is 1. The minimum Gasteiger partial charge on any atom is -0.481 e. The number of aromatic nitrogens is 3. The second-order valence-electron chi connectivity index (χ2n) is 6.36. The molecule has 0 atom stereocenters. The zero-order chi connectivity index (χ0) is 16.6. The average Bonchev–Trinajstić information content (AvgIpc) is 2.95. The largest absolute Gasteiger partial charge is 0.481 e. The van der Waals surface area contributed by atoms with Crippen LogP contribution in [-0.2, 0) is 11.2 Å². The van der Waals surface area contributed by atoms with E-state index in [2.05, 4.69) is 21.9 Å². The third-order valence-corrected chi connectivity index (χ3v) is 5.01. The molecule has 6 nitrogen and oxygen atoms in total. The Kier molecular flexibility index (Phi) is 4.35. The third-order valence-electron chi connectivity index (χ3n) is 5.01. The molecule has 0 amide bonds. The van der Waals surface area contributed by atoms with E-state index in [0.29, 0.717) is 6.04 Å². The number of aryl methyl sites for hydroxylation is 2. The van der Waals surface area contributed by atoms with Crippen LogP contribution in [-0.4, -0.2) is 50.4 Å². The lowest BCUT2D eigenvalue weighted by atomic mass is 10.0. The molecule has 3 heterocycles. The summed E-state index contributed by atoms with van der Waals surface area (Å²) in [7, 11) is 0. The van der Waals surface area contributed by atoms with Crippen molar-refractivity contribution in [2.45, 2.75) is 46.1 Å². The van der Waals surface area contributed by atoms with Crippen molar-refractivity contribution in [3.63, 3.8) is 0 Å². The molecule has 1 fully saturated rings. The number of pyridine rings is 1. The van der Waals surface area contributed by atoms with E-state index in [4.69, 9.17) is 5.11 Å². The van der Waals surface area contributed by atoms with Crippen molar-refractivity contribution >= 4 is 17.0 Å². The van der Waals surface area contributed by atoms with Gasteiger partial charge in [-0.2, -0.15) is 5.10 Å². The molecule has 0 saturated carbocycles. The molecule has 0 unspecified atom stereocenters. The normalized spacial score (nSPS) is 17.0. The number of fused-ring (bicyclic) bond motifs is 1. The highest BCUT2D eigenvalue weighted by atomic mass is 16.4. The van der Waals surface area contributed by atoms with Gasteiger partial charge in [-0.15, -0.1) is 0 Å². The topological polar surface area (TPSA) is 71.2 Å². The fraction of sp³-hybridized carbons (Fsp3) is 0.588. The molecule has 0 aromatic carbocycles. The number of aliphatic carboxylic acids is 1. The Balaban J connectivity index is 1.97. The first kappa shape index (κ1) is 15.9. The summed E-state index contributed by atoms with van der Waals surface area (Å²) < 4.78 is 2.05. The second-order valence-corrected chi connectivity index (χ2v) is 6.36. The van der Waals surface area contributed by atoms with Gasteiger partial charge in [0, 0.05) is 24.2 Å². The Morgan fingerprint density at radius 1 is 1.35 bits per heavy atom. The fourth-order valence-electron chi connectivity index (χ4n) is 3.55. The molecule has 1 N–H and O–H groups in total. The predicted octanol–water partition coefficient (Wildman–Crippen LogP) is 2.33. The quantitative estimate of drug-likeness (QED) is 0.937. The van der Waals surface area contributed by atoms with E-state index < -0.39 is 5.97 Å². The van der Waals surface area contributed by atoms with Crippen LogP contribution in [0.1, 0.15) is 42.6 Å². The number of rotatable bonds is 4. The van der Waals surface area contributed by atoms with Gasteiger partial charge in [0.05, 0.1) is 18.7 Å². The van der Waals surface area contributed by atoms with Gasteiger partial charge in [-0.25, -0.2) is 9.67 Å². The standard InChI is InChI=1S/C17H24N4O2/c1-4-20-7-5-13(6-8-20)21-17-15(10-18-21)11(2)14(9-16(22)23)12(3)19-17/h10,13H,4-9H2,1-3H3,(H,22,23). The van der Waals surface area contributed by atoms with Crippen LogP contribution in [0.3, 0.4) is 0 Å². The zero-order valence-electron chi connectivity index (χ0n) is 14.0. The molecule has 1 aliphatic rings. The molecule has 0 aliphatic carbocycles. The summed E-state index contributed by atoms with van der Waals surface area (Å²) in [5.41, 5.74) is 3.49. The highest BCUT2D eigenvalue weighted by molar-refractivity contribution is 5.82. The Morgan fingerprint density at radius 3 is 2.65 bits per heavy atom. The molecule has 2 aromatic heterocycles. The molecular formula is C17H24N4O2. The van der Waals surface area contributed by atoms with Gasteiger partial charge in [0.1, 0.15) is 0 Å². The first-order chi connectivity index (χ1) is 11.0. The summed E-state index contributed by atoms with van der Waals surface area (Å²) in [6, 6.07) is 0.381. The molecular weight excluding hydrogens is 292 g/mol. The van der Waals surface area contributed by atoms with Gasteiger partial charge in [0.15, 0.2) is 5.65 Å². The van der Waals surface area contributed by atoms with Crippen LogP contribution < -0.4 is 0 Å². The Bertz CT molecular complexity index is 730. The molecule has 6 heteroatoms. The van der Waals surface area contributed by atoms with Gasteiger partial charge in [-0.05, 0) is 44.4 Å². The van der Waals surface area contributed by atoms with Crippen LogP contribution in [0.25, 0.3) is 11.0 Å². The number of carbonyl (C=O) groups is 1. The summed E-state index contributed by atoms with van der Waals surface area (Å²) in [5, 5.41) is 14.6. The molecule has 124 valence electrons. The Labute approximate surface area is 136 Å². The van der Waals surface area contributed by atoms with Gasteiger partial charge in [-0.1, -0.05) is 6.92 Å². The molecule has 3 rings (SSSR count). The maximum absolute atomic E-state index is 11.1. The maximum atomic E-state index is 11.1. The van der Waals surface area contributed by atoms with E-state index in [1.54, 1.807) is 0 Å². The number of hydrogen-bond acceptors (Lipinski definition) is 4. The first-order valence-electron chi connectivity index (χ1n) is 8.28. The van der Waals surface area contributed by atoms with E-state index in [-0.39, 0.29) is 6.42 Å². The predicted molar refractivity (Wildman–Crippen MR) is 88.7 cm³/mol. The van der Waals surface area contributed by atoms with Crippen molar-refractivity contribution in [3.05, 3.63) is 23.0 Å². The molecule has 2 aromatic rings. The number of hydrogen-bond donors (Lipinski definition) is 1. The number of carboxylic acid groups (broad SMARTS) is 1. The fourth-order valence-corrected chi connectivity index (χ4v) is 3.55. The summed E-state index contributed by atoms with van der Waals surface area (Å²) in [6.07, 6.45) is 4.03. The van der Waals surface area contributed by atoms with Gasteiger partial charge in [-0.3, -0.25) is 4.79 Å². The lowest BCUT2D eigenvalue weighted by molar-refractivity contribution is -0.136. The minimum atomic E-state index is -0.823. The van der Waals surface area contributed by atoms with E-state index in [1.807, 2.05) is 24.7 Å². The lowest BCUT2D eigenvalue weighted by Gasteiger charge is -2.31. The Morgan fingerprint density at radius 2 is 2.04 bits per heavy atom. The highest BCUT2D eigenvalue weighted by Crippen LogP contribution is 2.28. The number of carboxylic acids is 1. The van der Waals surface area contributed by atoms with Crippen LogP contribution in [0.15, 0.2) is 6.20 Å². The molecule has 0 spiro atoms. The monoisotopic (exact) mass is 316 g/mol. The SMILES string of the molecule is CCN1CCC(n2ncc3c(C)c(CC(=O)O)c(C)nc32)CC1. The number of nitrogens with zero attached hydrogens (tertiary/aromatic N) is 4. The summed E-state index contributed by atoms with van der Waals surface area (Å²) in [5.74, 6) is -0.823. The van der Waals surface area contributed by atoms with Gasteiger partial charge in [0.25, 0.3) is 0 Å². The van der Waals surface area contributed by atoms with Crippen molar-refractivity contribution in [2.75, 3.05) is 19.6 Å². The molecule has 1 saturated heterocycles. The summed E-state index contributed by atoms with van der Waals surface area (Å²) in [6.45, 7) is 9.35. The van der Waals surface area contributed by atoms with Crippen molar-refractivity contribution in [1.82, 2.24) is 19.7 Å². The van der Waals surface area contributed by atoms with Crippen LogP contribution in [0.4, 0.5) is 0 Å². The van der Waals surface area contributed by atoms with Crippen molar-refractivity contribution in [3.8, 4) is 0 Å². The van der Waals surface area contributed by atoms with Crippen molar-refractivity contribution in [2.24, 2.45) is 0 Å². The lowest BCUT2D eigenvalue weighted by Crippen LogP contribution is -2.34. The van der Waals surface area contributed by atoms with Gasteiger partial charge >= 0.3 is 5.97 Å². The molecule has 23 heavy (non-hydrogen) atoms. The van der Waals surface area contributed by atoms with Crippen LogP contribution in [0.5, 0.6) is 0 Å². The van der Waals surface area contributed by atoms with E-state index in [0.717, 1.165) is 60.3 Å². The molecule has 0 radical (unpaired) electrons. The summed E-state index contributed by atoms with van der Waals surface area (Å²) in [4.78, 5) is 18.2. The van der Waals surface area contributed by atoms with Crippen LogP contribution in [0, 0.1) is 13.8 Å². The maximum Gasteiger partial charge on any atom is 0.307 e. The van der Waals surface area contributed by atoms with E-state index in [9.17, 15) is 4.79 Å². The van der Waals surface area contributed by atoms with Crippen LogP contribution >= 0.6 is 0 Å². The smallest absolute Gasteiger partial charge is 0.307 e. The van der Waals surface area contributed by atoms with E-state index in [1.165, 1.54) is 0 Å². The van der Waals surface area contributed by atoms with Gasteiger partial charge < -0.3 is 10.0 Å². The van der Waals surface area contributed by atoms with Crippen LogP contribution in [0.2, 0.25) is 0 Å². The molecule has 0 bridgehead atoms. The third kappa shape index (κ3) is 2.95. The van der Waals surface area contributed by atoms with Crippen molar-refractivity contribution < 1.29 is 9.90 Å². The zero-order valence-corrected chi connectivity index (χ0v) is 14.0. The van der Waals surface area contributed by atoms with Gasteiger partial charge in [0.2, 0.25) is 0 Å². The van der Waals surface area contributed by atoms with Crippen molar-refractivity contribution in [1.29, 1.82) is 0 Å². The van der Waals surface area contributed by atoms with E-state index >= 15 is 0 Å². The average molecular weight is 316 g/mol. The second kappa shape index (κ2) is 6.28. The number of likely N-dealkylation sites (tertiary alicyclic amines) is 1. The highest BCUT2D eigenvalue weighted by Gasteiger charge is 2.23. The molecule has 1 aliphatic heterocycles. The first-order valence-corrected chi connectivity index (χ1v) is 8.28. The minimum absolute atomic E-state index is 0.0146. The summed E-state index contributed by atoms with van der Waals surface area (Å²) >= 11 is 0.